The van der Waals surface area contributed by atoms with Crippen molar-refractivity contribution in [2.75, 3.05) is 6.61 Å². The maximum absolute atomic E-state index is 6.77. The molecule has 68 valence electrons. The van der Waals surface area contributed by atoms with Crippen LogP contribution in [0.15, 0.2) is 12.0 Å². The second-order valence-electron chi connectivity index (χ2n) is 3.38. The van der Waals surface area contributed by atoms with E-state index in [2.05, 4.69) is 6.92 Å². The highest BCUT2D eigenvalue weighted by Gasteiger charge is 2.41. The predicted octanol–water partition coefficient (Wildman–Crippen LogP) is 1.64. The van der Waals surface area contributed by atoms with Crippen LogP contribution in [0.5, 0.6) is 0 Å². The van der Waals surface area contributed by atoms with Crippen LogP contribution in [0.3, 0.4) is 0 Å². The molecule has 0 amide bonds. The molecule has 0 aromatic heterocycles. The minimum absolute atomic E-state index is 0.352. The van der Waals surface area contributed by atoms with Gasteiger partial charge in [-0.2, -0.15) is 0 Å². The summed E-state index contributed by atoms with van der Waals surface area (Å²) >= 11 is 0. The maximum Gasteiger partial charge on any atom is 0.185 e. The molecule has 0 unspecified atom stereocenters. The average Bonchev–Trinajstić information content (AvgIpc) is 2.82. The van der Waals surface area contributed by atoms with E-state index in [4.69, 9.17) is 15.9 Å². The fraction of sp³-hybridized carbons (Fsp3) is 0.667. The Kier molecular flexibility index (Phi) is 2.74. The minimum Gasteiger partial charge on any atom is -0.479 e. The molecule has 0 atom stereocenters. The van der Waals surface area contributed by atoms with Crippen LogP contribution in [0.2, 0.25) is 0 Å². The molecule has 1 rings (SSSR count). The van der Waals surface area contributed by atoms with Crippen molar-refractivity contribution in [1.82, 2.24) is 0 Å². The van der Waals surface area contributed by atoms with E-state index in [0.717, 1.165) is 12.6 Å². The minimum atomic E-state index is 0.352. The topological polar surface area (TPSA) is 59.1 Å². The summed E-state index contributed by atoms with van der Waals surface area (Å²) in [4.78, 5) is 0. The van der Waals surface area contributed by atoms with Gasteiger partial charge in [0.1, 0.15) is 0 Å². The lowest BCUT2D eigenvalue weighted by atomic mass is 10.1. The summed E-state index contributed by atoms with van der Waals surface area (Å²) in [5.74, 6) is 0.352. The number of rotatable bonds is 5. The molecule has 12 heavy (non-hydrogen) atoms. The number of hydrogen-bond acceptors (Lipinski definition) is 3. The van der Waals surface area contributed by atoms with Gasteiger partial charge in [0.05, 0.1) is 6.61 Å². The van der Waals surface area contributed by atoms with E-state index in [1.807, 2.05) is 0 Å². The first-order valence-electron chi connectivity index (χ1n) is 4.31. The summed E-state index contributed by atoms with van der Waals surface area (Å²) < 4.78 is 5.29. The van der Waals surface area contributed by atoms with Gasteiger partial charge in [0.15, 0.2) is 5.88 Å². The molecule has 1 fully saturated rings. The Morgan fingerprint density at radius 3 is 2.75 bits per heavy atom. The molecule has 0 spiro atoms. The molecule has 0 bridgehead atoms. The van der Waals surface area contributed by atoms with Crippen LogP contribution in [0, 0.1) is 10.8 Å². The number of ether oxygens (including phenoxy) is 1. The van der Waals surface area contributed by atoms with Gasteiger partial charge in [-0.25, -0.2) is 0 Å². The number of hydrogen-bond donors (Lipinski definition) is 2. The van der Waals surface area contributed by atoms with Crippen molar-refractivity contribution in [3.63, 3.8) is 0 Å². The first-order chi connectivity index (χ1) is 5.72. The highest BCUT2D eigenvalue weighted by molar-refractivity contribution is 5.68. The normalized spacial score (nSPS) is 20.2. The molecule has 0 heterocycles. The first kappa shape index (κ1) is 9.10. The molecule has 0 aromatic carbocycles. The number of nitrogens with one attached hydrogen (secondary N) is 1. The van der Waals surface area contributed by atoms with Crippen LogP contribution < -0.4 is 5.73 Å². The van der Waals surface area contributed by atoms with E-state index >= 15 is 0 Å². The third-order valence-electron chi connectivity index (χ3n) is 2.50. The second-order valence-corrected chi connectivity index (χ2v) is 3.38. The standard InChI is InChI=1S/C9H16N2O/c1-2-9(4-5-9)7-12-8(11)3-6-10/h3,6,10H,2,4-5,7,11H2,1H3. The molecule has 1 aliphatic rings. The highest BCUT2D eigenvalue weighted by Crippen LogP contribution is 2.48. The van der Waals surface area contributed by atoms with Gasteiger partial charge in [-0.05, 0) is 19.3 Å². The summed E-state index contributed by atoms with van der Waals surface area (Å²) in [6.07, 6.45) is 6.26. The molecule has 0 aliphatic heterocycles. The SMILES string of the molecule is CCC1(COC(N)=CC=N)CC1. The molecule has 0 radical (unpaired) electrons. The molecule has 1 aliphatic carbocycles. The highest BCUT2D eigenvalue weighted by atomic mass is 16.5. The fourth-order valence-corrected chi connectivity index (χ4v) is 1.14. The van der Waals surface area contributed by atoms with Gasteiger partial charge in [-0.1, -0.05) is 6.92 Å². The molecular formula is C9H16N2O. The Labute approximate surface area is 73.1 Å². The largest absolute Gasteiger partial charge is 0.479 e. The zero-order valence-corrected chi connectivity index (χ0v) is 7.47. The molecule has 1 saturated carbocycles. The monoisotopic (exact) mass is 168 g/mol. The Bertz CT molecular complexity index is 195. The molecule has 3 heteroatoms. The molecule has 3 N–H and O–H groups in total. The third-order valence-corrected chi connectivity index (χ3v) is 2.50. The van der Waals surface area contributed by atoms with Crippen molar-refractivity contribution in [3.8, 4) is 0 Å². The van der Waals surface area contributed by atoms with Crippen molar-refractivity contribution >= 4 is 6.21 Å². The van der Waals surface area contributed by atoms with Crippen LogP contribution >= 0.6 is 0 Å². The van der Waals surface area contributed by atoms with Crippen LogP contribution in [0.25, 0.3) is 0 Å². The quantitative estimate of drug-likeness (QED) is 0.484. The second kappa shape index (κ2) is 3.61. The Morgan fingerprint density at radius 2 is 2.33 bits per heavy atom. The van der Waals surface area contributed by atoms with Gasteiger partial charge < -0.3 is 15.9 Å². The van der Waals surface area contributed by atoms with E-state index in [1.165, 1.54) is 18.9 Å². The van der Waals surface area contributed by atoms with Gasteiger partial charge in [0, 0.05) is 17.7 Å². The summed E-state index contributed by atoms with van der Waals surface area (Å²) in [6, 6.07) is 0. The summed E-state index contributed by atoms with van der Waals surface area (Å²) in [7, 11) is 0. The van der Waals surface area contributed by atoms with Gasteiger partial charge in [-0.3, -0.25) is 0 Å². The van der Waals surface area contributed by atoms with Gasteiger partial charge >= 0.3 is 0 Å². The molecule has 0 aromatic rings. The fourth-order valence-electron chi connectivity index (χ4n) is 1.14. The Hall–Kier alpha value is -0.990. The van der Waals surface area contributed by atoms with E-state index in [9.17, 15) is 0 Å². The van der Waals surface area contributed by atoms with Crippen molar-refractivity contribution in [1.29, 1.82) is 5.41 Å². The van der Waals surface area contributed by atoms with E-state index < -0.39 is 0 Å². The van der Waals surface area contributed by atoms with Gasteiger partial charge in [0.25, 0.3) is 0 Å². The van der Waals surface area contributed by atoms with Gasteiger partial charge in [0.2, 0.25) is 0 Å². The molecule has 3 nitrogen and oxygen atoms in total. The molecular weight excluding hydrogens is 152 g/mol. The van der Waals surface area contributed by atoms with Crippen LogP contribution in [-0.2, 0) is 4.74 Å². The zero-order chi connectivity index (χ0) is 9.03. The van der Waals surface area contributed by atoms with Crippen LogP contribution in [0.4, 0.5) is 0 Å². The lowest BCUT2D eigenvalue weighted by Gasteiger charge is -2.13. The molecule has 0 saturated heterocycles. The van der Waals surface area contributed by atoms with Crippen LogP contribution in [-0.4, -0.2) is 12.8 Å². The maximum atomic E-state index is 6.77. The summed E-state index contributed by atoms with van der Waals surface area (Å²) in [5.41, 5.74) is 5.86. The number of allylic oxidation sites excluding steroid dienone is 1. The number of nitrogens with two attached hydrogens (primary N) is 1. The summed E-state index contributed by atoms with van der Waals surface area (Å²) in [6.45, 7) is 2.88. The van der Waals surface area contributed by atoms with Crippen LogP contribution in [0.1, 0.15) is 26.2 Å². The van der Waals surface area contributed by atoms with E-state index in [1.54, 1.807) is 0 Å². The zero-order valence-electron chi connectivity index (χ0n) is 7.47. The van der Waals surface area contributed by atoms with Crippen molar-refractivity contribution in [2.45, 2.75) is 26.2 Å². The first-order valence-corrected chi connectivity index (χ1v) is 4.31. The van der Waals surface area contributed by atoms with Crippen molar-refractivity contribution < 1.29 is 4.74 Å². The lowest BCUT2D eigenvalue weighted by Crippen LogP contribution is -2.12. The van der Waals surface area contributed by atoms with Crippen molar-refractivity contribution in [2.24, 2.45) is 11.1 Å². The summed E-state index contributed by atoms with van der Waals surface area (Å²) in [5, 5.41) is 6.77. The third kappa shape index (κ3) is 2.26. The smallest absolute Gasteiger partial charge is 0.185 e. The van der Waals surface area contributed by atoms with Crippen molar-refractivity contribution in [3.05, 3.63) is 12.0 Å². The van der Waals surface area contributed by atoms with E-state index in [-0.39, 0.29) is 0 Å². The lowest BCUT2D eigenvalue weighted by molar-refractivity contribution is 0.149. The Morgan fingerprint density at radius 1 is 1.67 bits per heavy atom. The average molecular weight is 168 g/mol. The van der Waals surface area contributed by atoms with Gasteiger partial charge in [-0.15, -0.1) is 0 Å². The Balaban J connectivity index is 2.25. The predicted molar refractivity (Wildman–Crippen MR) is 49.0 cm³/mol. The van der Waals surface area contributed by atoms with E-state index in [0.29, 0.717) is 17.9 Å².